The number of hydrogen-bond acceptors (Lipinski definition) is 5. The van der Waals surface area contributed by atoms with E-state index < -0.39 is 6.10 Å². The summed E-state index contributed by atoms with van der Waals surface area (Å²) in [6.07, 6.45) is 0.0106. The highest BCUT2D eigenvalue weighted by molar-refractivity contribution is 6.03. The molecule has 190 valence electrons. The fourth-order valence-corrected chi connectivity index (χ4v) is 5.36. The predicted octanol–water partition coefficient (Wildman–Crippen LogP) is 6.85. The second-order valence-electron chi connectivity index (χ2n) is 10.0. The summed E-state index contributed by atoms with van der Waals surface area (Å²) in [5.74, 6) is 1.49. The second kappa shape index (κ2) is 9.82. The average Bonchev–Trinajstić information content (AvgIpc) is 3.55. The van der Waals surface area contributed by atoms with Gasteiger partial charge in [-0.15, -0.1) is 0 Å². The first-order valence-electron chi connectivity index (χ1n) is 12.9. The number of hydrogen-bond donors (Lipinski definition) is 0. The molecular formula is C33H30N2O3. The molecule has 3 unspecified atom stereocenters. The first-order valence-corrected chi connectivity index (χ1v) is 12.9. The van der Waals surface area contributed by atoms with Gasteiger partial charge in [-0.3, -0.25) is 9.80 Å². The summed E-state index contributed by atoms with van der Waals surface area (Å²) in [4.78, 5) is 13.9. The van der Waals surface area contributed by atoms with Crippen molar-refractivity contribution in [3.8, 4) is 11.5 Å². The number of ether oxygens (including phenoxy) is 2. The van der Waals surface area contributed by atoms with Gasteiger partial charge in [0.05, 0.1) is 18.9 Å². The standard InChI is InChI=1S/C33H30N2O3/c1-21-8-12-23(13-9-21)28-20-29(24-16-18-26(37-3)19-17-24)35(34-28)31-27-6-4-5-7-30(27)38-33(31)32(36)25-14-10-22(2)11-15-25/h4-19,29,31,33H,20H2,1-3H3. The van der Waals surface area contributed by atoms with Gasteiger partial charge in [-0.25, -0.2) is 0 Å². The van der Waals surface area contributed by atoms with Crippen molar-refractivity contribution in [3.63, 3.8) is 0 Å². The van der Waals surface area contributed by atoms with E-state index in [-0.39, 0.29) is 17.9 Å². The summed E-state index contributed by atoms with van der Waals surface area (Å²) in [6, 6.07) is 31.8. The Morgan fingerprint density at radius 1 is 0.868 bits per heavy atom. The van der Waals surface area contributed by atoms with Crippen LogP contribution in [0.3, 0.4) is 0 Å². The minimum absolute atomic E-state index is 0.0429. The van der Waals surface area contributed by atoms with E-state index in [4.69, 9.17) is 14.6 Å². The zero-order chi connectivity index (χ0) is 26.2. The molecule has 0 N–H and O–H groups in total. The van der Waals surface area contributed by atoms with E-state index in [9.17, 15) is 4.79 Å². The maximum Gasteiger partial charge on any atom is 0.205 e. The van der Waals surface area contributed by atoms with Gasteiger partial charge >= 0.3 is 0 Å². The Bertz CT molecular complexity index is 1490. The molecule has 4 aromatic carbocycles. The number of aryl methyl sites for hydroxylation is 2. The van der Waals surface area contributed by atoms with Crippen molar-refractivity contribution < 1.29 is 14.3 Å². The van der Waals surface area contributed by atoms with Gasteiger partial charge in [0.2, 0.25) is 5.78 Å². The molecule has 0 fully saturated rings. The smallest absolute Gasteiger partial charge is 0.205 e. The first kappa shape index (κ1) is 24.0. The van der Waals surface area contributed by atoms with Crippen molar-refractivity contribution in [2.75, 3.05) is 7.11 Å². The lowest BCUT2D eigenvalue weighted by atomic mass is 9.92. The van der Waals surface area contributed by atoms with Gasteiger partial charge in [0.25, 0.3) is 0 Å². The Labute approximate surface area is 223 Å². The zero-order valence-corrected chi connectivity index (χ0v) is 21.8. The molecule has 0 radical (unpaired) electrons. The first-order chi connectivity index (χ1) is 18.5. The molecule has 0 spiro atoms. The van der Waals surface area contributed by atoms with Crippen LogP contribution in [0.25, 0.3) is 0 Å². The van der Waals surface area contributed by atoms with Gasteiger partial charge in [0.1, 0.15) is 17.5 Å². The second-order valence-corrected chi connectivity index (χ2v) is 10.0. The maximum absolute atomic E-state index is 13.9. The molecule has 38 heavy (non-hydrogen) atoms. The number of para-hydroxylation sites is 1. The van der Waals surface area contributed by atoms with Crippen molar-refractivity contribution in [3.05, 3.63) is 130 Å². The summed E-state index contributed by atoms with van der Waals surface area (Å²) in [5, 5.41) is 7.29. The number of carbonyl (C=O) groups is 1. The Balaban J connectivity index is 1.45. The van der Waals surface area contributed by atoms with Crippen molar-refractivity contribution in [2.45, 2.75) is 38.5 Å². The maximum atomic E-state index is 13.9. The van der Waals surface area contributed by atoms with E-state index in [1.807, 2.05) is 67.6 Å². The van der Waals surface area contributed by atoms with Crippen LogP contribution in [0, 0.1) is 13.8 Å². The molecule has 2 heterocycles. The van der Waals surface area contributed by atoms with Crippen molar-refractivity contribution in [1.29, 1.82) is 0 Å². The van der Waals surface area contributed by atoms with Crippen LogP contribution in [0.4, 0.5) is 0 Å². The summed E-state index contributed by atoms with van der Waals surface area (Å²) < 4.78 is 11.8. The minimum Gasteiger partial charge on any atom is -0.497 e. The zero-order valence-electron chi connectivity index (χ0n) is 21.8. The molecule has 2 aliphatic heterocycles. The van der Waals surface area contributed by atoms with E-state index in [2.05, 4.69) is 48.3 Å². The number of Topliss-reactive ketones (excluding diaryl/α,β-unsaturated/α-hetero) is 1. The van der Waals surface area contributed by atoms with Crippen molar-refractivity contribution in [1.82, 2.24) is 5.01 Å². The fourth-order valence-electron chi connectivity index (χ4n) is 5.36. The third kappa shape index (κ3) is 4.34. The highest BCUT2D eigenvalue weighted by Gasteiger charge is 2.47. The van der Waals surface area contributed by atoms with Crippen LogP contribution in [0.2, 0.25) is 0 Å². The van der Waals surface area contributed by atoms with Gasteiger partial charge in [-0.05, 0) is 43.2 Å². The topological polar surface area (TPSA) is 51.1 Å². The lowest BCUT2D eigenvalue weighted by Crippen LogP contribution is -2.38. The number of ketones is 1. The van der Waals surface area contributed by atoms with Crippen LogP contribution in [0.5, 0.6) is 11.5 Å². The third-order valence-corrected chi connectivity index (χ3v) is 7.49. The summed E-state index contributed by atoms with van der Waals surface area (Å²) in [7, 11) is 1.67. The quantitative estimate of drug-likeness (QED) is 0.271. The number of methoxy groups -OCH3 is 1. The highest BCUT2D eigenvalue weighted by atomic mass is 16.5. The molecule has 0 aromatic heterocycles. The normalized spacial score (nSPS) is 20.0. The van der Waals surface area contributed by atoms with E-state index in [1.54, 1.807) is 7.11 Å². The SMILES string of the molecule is COc1ccc(C2CC(c3ccc(C)cc3)=NN2C2c3ccccc3OC2C(=O)c2ccc(C)cc2)cc1. The molecule has 2 aliphatic rings. The lowest BCUT2D eigenvalue weighted by Gasteiger charge is -2.32. The molecule has 0 amide bonds. The van der Waals surface area contributed by atoms with Crippen LogP contribution in [-0.4, -0.2) is 29.7 Å². The minimum atomic E-state index is -0.711. The highest BCUT2D eigenvalue weighted by Crippen LogP contribution is 2.48. The molecule has 0 saturated heterocycles. The molecule has 6 rings (SSSR count). The van der Waals surface area contributed by atoms with E-state index in [0.29, 0.717) is 5.56 Å². The Morgan fingerprint density at radius 2 is 1.53 bits per heavy atom. The summed E-state index contributed by atoms with van der Waals surface area (Å²) >= 11 is 0. The van der Waals surface area contributed by atoms with Gasteiger partial charge in [0, 0.05) is 17.5 Å². The number of benzene rings is 4. The van der Waals surface area contributed by atoms with Crippen molar-refractivity contribution in [2.24, 2.45) is 5.10 Å². The van der Waals surface area contributed by atoms with Gasteiger partial charge < -0.3 is 9.47 Å². The number of rotatable bonds is 6. The van der Waals surface area contributed by atoms with E-state index in [1.165, 1.54) is 5.56 Å². The van der Waals surface area contributed by atoms with Crippen LogP contribution >= 0.6 is 0 Å². The number of carbonyl (C=O) groups excluding carboxylic acids is 1. The molecular weight excluding hydrogens is 472 g/mol. The average molecular weight is 503 g/mol. The van der Waals surface area contributed by atoms with E-state index >= 15 is 0 Å². The molecule has 5 heteroatoms. The van der Waals surface area contributed by atoms with Gasteiger partial charge in [0.15, 0.2) is 6.10 Å². The summed E-state index contributed by atoms with van der Waals surface area (Å²) in [6.45, 7) is 4.10. The Kier molecular flexibility index (Phi) is 6.20. The van der Waals surface area contributed by atoms with Crippen LogP contribution < -0.4 is 9.47 Å². The van der Waals surface area contributed by atoms with Crippen LogP contribution in [0.1, 0.15) is 56.7 Å². The van der Waals surface area contributed by atoms with Crippen LogP contribution in [-0.2, 0) is 0 Å². The molecule has 0 bridgehead atoms. The van der Waals surface area contributed by atoms with Crippen molar-refractivity contribution >= 4 is 11.5 Å². The molecule has 5 nitrogen and oxygen atoms in total. The molecule has 3 atom stereocenters. The number of fused-ring (bicyclic) bond motifs is 1. The number of hydrazone groups is 1. The molecule has 4 aromatic rings. The predicted molar refractivity (Wildman–Crippen MR) is 149 cm³/mol. The Morgan fingerprint density at radius 3 is 2.21 bits per heavy atom. The monoisotopic (exact) mass is 502 g/mol. The number of nitrogens with zero attached hydrogens (tertiary/aromatic N) is 2. The summed E-state index contributed by atoms with van der Waals surface area (Å²) in [5.41, 5.74) is 7.13. The molecule has 0 aliphatic carbocycles. The third-order valence-electron chi connectivity index (χ3n) is 7.49. The van der Waals surface area contributed by atoms with Gasteiger partial charge in [-0.1, -0.05) is 90.0 Å². The largest absolute Gasteiger partial charge is 0.497 e. The van der Waals surface area contributed by atoms with Crippen LogP contribution in [0.15, 0.2) is 102 Å². The van der Waals surface area contributed by atoms with Gasteiger partial charge in [-0.2, -0.15) is 5.10 Å². The van der Waals surface area contributed by atoms with E-state index in [0.717, 1.165) is 45.9 Å². The lowest BCUT2D eigenvalue weighted by molar-refractivity contribution is 0.0538. The Hall–Kier alpha value is -4.38. The fraction of sp³-hybridized carbons (Fsp3) is 0.212. The molecule has 0 saturated carbocycles.